The van der Waals surface area contributed by atoms with Crippen molar-refractivity contribution < 1.29 is 14.3 Å². The Morgan fingerprint density at radius 2 is 2.14 bits per heavy atom. The van der Waals surface area contributed by atoms with Crippen LogP contribution >= 0.6 is 11.8 Å². The molecule has 1 saturated heterocycles. The predicted octanol–water partition coefficient (Wildman–Crippen LogP) is 4.00. The first-order chi connectivity index (χ1) is 14.0. The average Bonchev–Trinajstić information content (AvgIpc) is 3.11. The van der Waals surface area contributed by atoms with Gasteiger partial charge in [-0.05, 0) is 36.8 Å². The maximum atomic E-state index is 12.9. The summed E-state index contributed by atoms with van der Waals surface area (Å²) < 4.78 is 5.39. The Kier molecular flexibility index (Phi) is 6.78. The summed E-state index contributed by atoms with van der Waals surface area (Å²) in [4.78, 5) is 28.0. The van der Waals surface area contributed by atoms with Crippen LogP contribution in [0.3, 0.4) is 0 Å². The molecule has 1 heterocycles. The number of nitriles is 1. The molecule has 0 unspecified atom stereocenters. The van der Waals surface area contributed by atoms with Crippen molar-refractivity contribution in [2.45, 2.75) is 24.7 Å². The molecule has 1 fully saturated rings. The van der Waals surface area contributed by atoms with Crippen molar-refractivity contribution in [1.29, 1.82) is 5.26 Å². The molecule has 2 amide bonds. The van der Waals surface area contributed by atoms with Crippen molar-refractivity contribution in [2.24, 2.45) is 5.92 Å². The number of rotatable bonds is 7. The number of amides is 2. The molecule has 29 heavy (non-hydrogen) atoms. The van der Waals surface area contributed by atoms with Crippen molar-refractivity contribution in [3.63, 3.8) is 0 Å². The number of aryl methyl sites for hydroxylation is 1. The van der Waals surface area contributed by atoms with Gasteiger partial charge in [-0.2, -0.15) is 5.26 Å². The van der Waals surface area contributed by atoms with E-state index in [4.69, 9.17) is 10.00 Å². The van der Waals surface area contributed by atoms with Gasteiger partial charge in [-0.25, -0.2) is 0 Å². The molecule has 0 aromatic heterocycles. The van der Waals surface area contributed by atoms with Gasteiger partial charge in [0.15, 0.2) is 0 Å². The minimum atomic E-state index is -0.440. The molecule has 0 spiro atoms. The van der Waals surface area contributed by atoms with Crippen molar-refractivity contribution in [1.82, 2.24) is 0 Å². The van der Waals surface area contributed by atoms with E-state index in [2.05, 4.69) is 11.4 Å². The molecule has 1 N–H and O–H groups in total. The average molecular weight is 410 g/mol. The lowest BCUT2D eigenvalue weighted by Gasteiger charge is -2.20. The van der Waals surface area contributed by atoms with E-state index in [1.54, 1.807) is 12.0 Å². The first kappa shape index (κ1) is 20.7. The smallest absolute Gasteiger partial charge is 0.229 e. The number of methoxy groups -OCH3 is 1. The van der Waals surface area contributed by atoms with Crippen LogP contribution in [0.4, 0.5) is 11.4 Å². The van der Waals surface area contributed by atoms with Crippen LogP contribution < -0.4 is 15.0 Å². The molecule has 1 atom stereocenters. The number of hydrogen-bond acceptors (Lipinski definition) is 5. The van der Waals surface area contributed by atoms with Crippen molar-refractivity contribution >= 4 is 35.0 Å². The van der Waals surface area contributed by atoms with Crippen LogP contribution in [0.5, 0.6) is 5.75 Å². The van der Waals surface area contributed by atoms with Crippen LogP contribution in [0, 0.1) is 24.2 Å². The number of carbonyl (C=O) groups excluding carboxylic acids is 2. The summed E-state index contributed by atoms with van der Waals surface area (Å²) in [6.45, 7) is 2.27. The Morgan fingerprint density at radius 1 is 1.34 bits per heavy atom. The number of ether oxygens (including phenoxy) is 1. The first-order valence-corrected chi connectivity index (χ1v) is 10.4. The number of para-hydroxylation sites is 1. The van der Waals surface area contributed by atoms with Gasteiger partial charge in [0.05, 0.1) is 30.5 Å². The molecule has 7 heteroatoms. The summed E-state index contributed by atoms with van der Waals surface area (Å²) in [5.41, 5.74) is 2.42. The zero-order valence-corrected chi connectivity index (χ0v) is 17.3. The molecular weight excluding hydrogens is 386 g/mol. The quantitative estimate of drug-likeness (QED) is 0.552. The molecule has 0 radical (unpaired) electrons. The van der Waals surface area contributed by atoms with Gasteiger partial charge in [-0.15, -0.1) is 11.8 Å². The zero-order valence-electron chi connectivity index (χ0n) is 16.5. The standard InChI is InChI=1S/C22H23N3O3S/c1-15-8-9-19(28-2)18(12-15)25-14-16(13-21(25)26)22(27)24-17-6-3-4-7-20(17)29-11-5-10-23/h3-4,6-9,12,16H,5,11,13-14H2,1-2H3,(H,24,27)/t16-/m0/s1. The lowest BCUT2D eigenvalue weighted by Crippen LogP contribution is -2.28. The molecule has 1 aliphatic heterocycles. The fourth-order valence-corrected chi connectivity index (χ4v) is 4.13. The van der Waals surface area contributed by atoms with Gasteiger partial charge in [0.25, 0.3) is 0 Å². The molecule has 0 aliphatic carbocycles. The molecular formula is C22H23N3O3S. The summed E-state index contributed by atoms with van der Waals surface area (Å²) in [6.07, 6.45) is 0.601. The molecule has 2 aromatic rings. The van der Waals surface area contributed by atoms with Gasteiger partial charge in [-0.3, -0.25) is 9.59 Å². The molecule has 3 rings (SSSR count). The number of hydrogen-bond donors (Lipinski definition) is 1. The number of carbonyl (C=O) groups is 2. The van der Waals surface area contributed by atoms with E-state index < -0.39 is 5.92 Å². The number of nitrogens with zero attached hydrogens (tertiary/aromatic N) is 2. The number of anilines is 2. The van der Waals surface area contributed by atoms with Crippen LogP contribution in [0.25, 0.3) is 0 Å². The second-order valence-corrected chi connectivity index (χ2v) is 7.96. The summed E-state index contributed by atoms with van der Waals surface area (Å²) in [6, 6.07) is 15.3. The van der Waals surface area contributed by atoms with Crippen LogP contribution in [0.2, 0.25) is 0 Å². The van der Waals surface area contributed by atoms with E-state index in [-0.39, 0.29) is 18.2 Å². The highest BCUT2D eigenvalue weighted by Gasteiger charge is 2.36. The van der Waals surface area contributed by atoms with Gasteiger partial charge in [0, 0.05) is 30.0 Å². The molecule has 2 aromatic carbocycles. The maximum Gasteiger partial charge on any atom is 0.229 e. The molecule has 0 saturated carbocycles. The third-order valence-electron chi connectivity index (χ3n) is 4.74. The summed E-state index contributed by atoms with van der Waals surface area (Å²) in [5, 5.41) is 11.7. The number of thioether (sulfide) groups is 1. The molecule has 6 nitrogen and oxygen atoms in total. The third kappa shape index (κ3) is 4.90. The van der Waals surface area contributed by atoms with E-state index >= 15 is 0 Å². The van der Waals surface area contributed by atoms with E-state index in [0.717, 1.165) is 10.5 Å². The zero-order chi connectivity index (χ0) is 20.8. The maximum absolute atomic E-state index is 12.9. The van der Waals surface area contributed by atoms with Crippen LogP contribution in [0.15, 0.2) is 47.4 Å². The second kappa shape index (κ2) is 9.48. The minimum Gasteiger partial charge on any atom is -0.495 e. The van der Waals surface area contributed by atoms with Crippen LogP contribution in [-0.2, 0) is 9.59 Å². The van der Waals surface area contributed by atoms with Gasteiger partial charge >= 0.3 is 0 Å². The summed E-state index contributed by atoms with van der Waals surface area (Å²) >= 11 is 1.53. The monoisotopic (exact) mass is 409 g/mol. The fourth-order valence-electron chi connectivity index (χ4n) is 3.26. The second-order valence-electron chi connectivity index (χ2n) is 6.82. The van der Waals surface area contributed by atoms with Crippen molar-refractivity contribution in [3.8, 4) is 11.8 Å². The van der Waals surface area contributed by atoms with E-state index in [1.165, 1.54) is 11.8 Å². The highest BCUT2D eigenvalue weighted by molar-refractivity contribution is 7.99. The Morgan fingerprint density at radius 3 is 2.90 bits per heavy atom. The van der Waals surface area contributed by atoms with E-state index in [0.29, 0.717) is 35.8 Å². The Labute approximate surface area is 174 Å². The molecule has 0 bridgehead atoms. The molecule has 150 valence electrons. The highest BCUT2D eigenvalue weighted by atomic mass is 32.2. The Hall–Kier alpha value is -2.98. The lowest BCUT2D eigenvalue weighted by molar-refractivity contribution is -0.122. The van der Waals surface area contributed by atoms with E-state index in [1.807, 2.05) is 49.4 Å². The highest BCUT2D eigenvalue weighted by Crippen LogP contribution is 2.35. The van der Waals surface area contributed by atoms with Gasteiger partial charge in [-0.1, -0.05) is 18.2 Å². The largest absolute Gasteiger partial charge is 0.495 e. The number of benzene rings is 2. The Bertz CT molecular complexity index is 955. The van der Waals surface area contributed by atoms with Crippen LogP contribution in [-0.4, -0.2) is 31.2 Å². The lowest BCUT2D eigenvalue weighted by atomic mass is 10.1. The topological polar surface area (TPSA) is 82.4 Å². The van der Waals surface area contributed by atoms with Crippen molar-refractivity contribution in [3.05, 3.63) is 48.0 Å². The normalized spacial score (nSPS) is 15.8. The molecule has 1 aliphatic rings. The Balaban J connectivity index is 1.72. The number of nitrogens with one attached hydrogen (secondary N) is 1. The van der Waals surface area contributed by atoms with Gasteiger partial charge in [0.1, 0.15) is 5.75 Å². The van der Waals surface area contributed by atoms with Gasteiger partial charge < -0.3 is 15.0 Å². The van der Waals surface area contributed by atoms with E-state index in [9.17, 15) is 9.59 Å². The van der Waals surface area contributed by atoms with Crippen molar-refractivity contribution in [2.75, 3.05) is 29.6 Å². The summed E-state index contributed by atoms with van der Waals surface area (Å²) in [7, 11) is 1.57. The fraction of sp³-hybridized carbons (Fsp3) is 0.318. The summed E-state index contributed by atoms with van der Waals surface area (Å²) in [5.74, 6) is 0.562. The predicted molar refractivity (Wildman–Crippen MR) is 114 cm³/mol. The SMILES string of the molecule is COc1ccc(C)cc1N1C[C@@H](C(=O)Nc2ccccc2SCCC#N)CC1=O. The van der Waals surface area contributed by atoms with Crippen LogP contribution in [0.1, 0.15) is 18.4 Å². The minimum absolute atomic E-state index is 0.0919. The van der Waals surface area contributed by atoms with Gasteiger partial charge in [0.2, 0.25) is 11.8 Å². The third-order valence-corrected chi connectivity index (χ3v) is 5.81. The first-order valence-electron chi connectivity index (χ1n) is 9.38.